The maximum atomic E-state index is 12.6. The zero-order valence-electron chi connectivity index (χ0n) is 23.1. The van der Waals surface area contributed by atoms with E-state index in [2.05, 4.69) is 10.6 Å². The molecule has 0 radical (unpaired) electrons. The number of ether oxygens (including phenoxy) is 3. The number of nitrogens with one attached hydrogen (secondary N) is 2. The van der Waals surface area contributed by atoms with Gasteiger partial charge >= 0.3 is 6.09 Å². The minimum atomic E-state index is -1.36. The van der Waals surface area contributed by atoms with Crippen LogP contribution in [0.3, 0.4) is 0 Å². The lowest BCUT2D eigenvalue weighted by atomic mass is 9.97. The highest BCUT2D eigenvalue weighted by atomic mass is 16.6. The molecule has 2 amide bonds. The van der Waals surface area contributed by atoms with Crippen molar-refractivity contribution in [2.45, 2.75) is 62.1 Å². The van der Waals surface area contributed by atoms with E-state index in [4.69, 9.17) is 14.2 Å². The second-order valence-corrected chi connectivity index (χ2v) is 10.6. The zero-order valence-corrected chi connectivity index (χ0v) is 23.1. The molecule has 11 nitrogen and oxygen atoms in total. The Labute approximate surface area is 240 Å². The van der Waals surface area contributed by atoms with E-state index in [0.717, 1.165) is 11.1 Å². The molecule has 41 heavy (non-hydrogen) atoms. The highest BCUT2D eigenvalue weighted by Crippen LogP contribution is 2.21. The molecule has 11 heteroatoms. The van der Waals surface area contributed by atoms with Gasteiger partial charge in [-0.1, -0.05) is 60.7 Å². The Balaban J connectivity index is 1.39. The number of alkyl carbamates (subject to hydrolysis) is 1. The molecule has 6 atom stereocenters. The normalized spacial score (nSPS) is 21.5. The fraction of sp³-hybridized carbons (Fsp3) is 0.533. The van der Waals surface area contributed by atoms with Crippen LogP contribution in [0.1, 0.15) is 24.0 Å². The summed E-state index contributed by atoms with van der Waals surface area (Å²) in [4.78, 5) is 26.0. The molecule has 2 aromatic rings. The first-order chi connectivity index (χ1) is 19.9. The molecule has 0 bridgehead atoms. The van der Waals surface area contributed by atoms with Gasteiger partial charge in [-0.25, -0.2) is 4.79 Å². The number of benzene rings is 2. The summed E-state index contributed by atoms with van der Waals surface area (Å²) in [5, 5.41) is 40.4. The molecule has 0 aliphatic carbocycles. The lowest BCUT2D eigenvalue weighted by Crippen LogP contribution is -2.59. The summed E-state index contributed by atoms with van der Waals surface area (Å²) in [6.07, 6.45) is -2.66. The molecule has 4 N–H and O–H groups in total. The maximum absolute atomic E-state index is 12.6. The van der Waals surface area contributed by atoms with Crippen LogP contribution in [-0.4, -0.2) is 103 Å². The van der Waals surface area contributed by atoms with Gasteiger partial charge in [0.1, 0.15) is 12.2 Å². The van der Waals surface area contributed by atoms with Crippen LogP contribution in [0.2, 0.25) is 0 Å². The molecule has 0 aromatic heterocycles. The van der Waals surface area contributed by atoms with E-state index < -0.39 is 42.5 Å². The van der Waals surface area contributed by atoms with Gasteiger partial charge in [0.05, 0.1) is 50.2 Å². The van der Waals surface area contributed by atoms with Crippen LogP contribution >= 0.6 is 0 Å². The molecular weight excluding hydrogens is 530 g/mol. The van der Waals surface area contributed by atoms with Gasteiger partial charge in [0.2, 0.25) is 0 Å². The van der Waals surface area contributed by atoms with Gasteiger partial charge in [0.15, 0.2) is 0 Å². The van der Waals surface area contributed by atoms with Crippen molar-refractivity contribution in [1.29, 1.82) is 0 Å². The highest BCUT2D eigenvalue weighted by Gasteiger charge is 2.34. The Morgan fingerprint density at radius 1 is 0.902 bits per heavy atom. The predicted molar refractivity (Wildman–Crippen MR) is 148 cm³/mol. The van der Waals surface area contributed by atoms with E-state index in [1.54, 1.807) is 0 Å². The van der Waals surface area contributed by atoms with E-state index in [1.165, 1.54) is 4.90 Å². The number of carboxylic acid groups (broad SMARTS) is 1. The molecular formula is C30H40N3O8-. The summed E-state index contributed by atoms with van der Waals surface area (Å²) >= 11 is 0. The minimum Gasteiger partial charge on any atom is -0.530 e. The number of aliphatic hydroxyl groups is 2. The predicted octanol–water partition coefficient (Wildman–Crippen LogP) is 0.470. The summed E-state index contributed by atoms with van der Waals surface area (Å²) < 4.78 is 16.1. The van der Waals surface area contributed by atoms with Crippen molar-refractivity contribution >= 4 is 12.2 Å². The summed E-state index contributed by atoms with van der Waals surface area (Å²) in [5.74, 6) is 0. The van der Waals surface area contributed by atoms with Crippen molar-refractivity contribution in [2.24, 2.45) is 0 Å². The quantitative estimate of drug-likeness (QED) is 0.254. The van der Waals surface area contributed by atoms with Gasteiger partial charge in [-0.2, -0.15) is 0 Å². The van der Waals surface area contributed by atoms with Crippen molar-refractivity contribution < 1.29 is 39.1 Å². The van der Waals surface area contributed by atoms with Crippen LogP contribution in [0.15, 0.2) is 60.7 Å². The third-order valence-electron chi connectivity index (χ3n) is 7.53. The van der Waals surface area contributed by atoms with Gasteiger partial charge < -0.3 is 49.9 Å². The monoisotopic (exact) mass is 570 g/mol. The van der Waals surface area contributed by atoms with Crippen LogP contribution < -0.4 is 15.7 Å². The van der Waals surface area contributed by atoms with Crippen molar-refractivity contribution in [3.8, 4) is 0 Å². The molecule has 2 aliphatic heterocycles. The Bertz CT molecular complexity index is 1060. The number of hydrogen-bond donors (Lipinski definition) is 4. The highest BCUT2D eigenvalue weighted by molar-refractivity contribution is 5.68. The number of hydrogen-bond acceptors (Lipinski definition) is 9. The first kappa shape index (κ1) is 30.7. The molecule has 4 rings (SSSR count). The number of aliphatic hydroxyl groups excluding tert-OH is 2. The maximum Gasteiger partial charge on any atom is 0.407 e. The molecule has 2 saturated heterocycles. The van der Waals surface area contributed by atoms with E-state index in [-0.39, 0.29) is 32.2 Å². The van der Waals surface area contributed by atoms with Crippen molar-refractivity contribution in [2.75, 3.05) is 39.5 Å². The number of rotatable bonds is 14. The number of carbonyl (C=O) groups is 2. The van der Waals surface area contributed by atoms with E-state index in [1.807, 2.05) is 60.7 Å². The molecule has 2 heterocycles. The topological polar surface area (TPSA) is 153 Å². The van der Waals surface area contributed by atoms with Crippen molar-refractivity contribution in [3.05, 3.63) is 71.8 Å². The fourth-order valence-corrected chi connectivity index (χ4v) is 5.32. The van der Waals surface area contributed by atoms with Gasteiger partial charge in [-0.3, -0.25) is 0 Å². The lowest BCUT2D eigenvalue weighted by Gasteiger charge is -2.40. The molecule has 0 spiro atoms. The summed E-state index contributed by atoms with van der Waals surface area (Å²) in [6.45, 7) is 1.62. The second-order valence-electron chi connectivity index (χ2n) is 10.6. The largest absolute Gasteiger partial charge is 0.530 e. The van der Waals surface area contributed by atoms with Crippen LogP contribution in [0.4, 0.5) is 9.59 Å². The van der Waals surface area contributed by atoms with Crippen molar-refractivity contribution in [3.63, 3.8) is 0 Å². The Hall–Kier alpha value is -3.22. The summed E-state index contributed by atoms with van der Waals surface area (Å²) in [6, 6.07) is 16.9. The number of carbonyl (C=O) groups excluding carboxylic acids is 2. The van der Waals surface area contributed by atoms with E-state index in [9.17, 15) is 24.9 Å². The first-order valence-electron chi connectivity index (χ1n) is 14.2. The number of nitrogens with zero attached hydrogens (tertiary/aromatic N) is 1. The molecule has 2 fully saturated rings. The van der Waals surface area contributed by atoms with Crippen LogP contribution in [-0.2, 0) is 27.1 Å². The second kappa shape index (κ2) is 15.7. The van der Waals surface area contributed by atoms with E-state index in [0.29, 0.717) is 39.1 Å². The van der Waals surface area contributed by atoms with Gasteiger partial charge in [0.25, 0.3) is 0 Å². The van der Waals surface area contributed by atoms with Gasteiger partial charge in [0, 0.05) is 26.1 Å². The first-order valence-corrected chi connectivity index (χ1v) is 14.2. The summed E-state index contributed by atoms with van der Waals surface area (Å²) in [5.41, 5.74) is 1.80. The Morgan fingerprint density at radius 2 is 1.51 bits per heavy atom. The minimum absolute atomic E-state index is 0.00777. The van der Waals surface area contributed by atoms with Gasteiger partial charge in [-0.05, 0) is 30.4 Å². The molecule has 1 unspecified atom stereocenters. The third-order valence-corrected chi connectivity index (χ3v) is 7.53. The number of amides is 2. The fourth-order valence-electron chi connectivity index (χ4n) is 5.32. The molecule has 224 valence electrons. The van der Waals surface area contributed by atoms with Gasteiger partial charge in [-0.15, -0.1) is 0 Å². The SMILES string of the molecule is O=C(N[C@@H](Cc1ccccc1)[C@H](O)CNC[C@@H](O)[C@H](Cc1ccccc1)N(C(=O)[O-])C1CCOC1)O[C@H]1CCOC1. The standard InChI is InChI=1S/C30H41N3O8/c34-27(25(15-21-7-3-1-4-8-21)32-29(36)41-24-12-14-40-20-24)17-31-18-28(35)26(16-22-9-5-2-6-10-22)33(30(37)38)23-11-13-39-19-23/h1-10,23-28,31,34-35H,11-20H2,(H,32,36)(H,37,38)/p-1/t23?,24-,25-,26-,27+,28+/m0/s1. The average molecular weight is 571 g/mol. The Morgan fingerprint density at radius 3 is 2.10 bits per heavy atom. The van der Waals surface area contributed by atoms with E-state index >= 15 is 0 Å². The molecule has 2 aromatic carbocycles. The van der Waals surface area contributed by atoms with Crippen LogP contribution in [0.25, 0.3) is 0 Å². The van der Waals surface area contributed by atoms with Crippen LogP contribution in [0, 0.1) is 0 Å². The third kappa shape index (κ3) is 9.40. The summed E-state index contributed by atoms with van der Waals surface area (Å²) in [7, 11) is 0. The van der Waals surface area contributed by atoms with Crippen LogP contribution in [0.5, 0.6) is 0 Å². The smallest absolute Gasteiger partial charge is 0.407 e. The average Bonchev–Trinajstić information content (AvgIpc) is 3.68. The van der Waals surface area contributed by atoms with Crippen molar-refractivity contribution in [1.82, 2.24) is 15.5 Å². The lowest BCUT2D eigenvalue weighted by molar-refractivity contribution is -0.272. The zero-order chi connectivity index (χ0) is 29.0. The molecule has 2 aliphatic rings. The molecule has 0 saturated carbocycles. The Kier molecular flexibility index (Phi) is 11.8.